The van der Waals surface area contributed by atoms with Crippen molar-refractivity contribution in [3.8, 4) is 0 Å². The van der Waals surface area contributed by atoms with Gasteiger partial charge in [-0.1, -0.05) is 30.3 Å². The van der Waals surface area contributed by atoms with E-state index in [0.29, 0.717) is 5.96 Å². The van der Waals surface area contributed by atoms with Crippen molar-refractivity contribution < 1.29 is 19.1 Å². The number of guanidine groups is 1. The Bertz CT molecular complexity index is 897. The third kappa shape index (κ3) is 2.79. The molecule has 1 aromatic rings. The lowest BCUT2D eigenvalue weighted by Gasteiger charge is -2.39. The van der Waals surface area contributed by atoms with Crippen LogP contribution in [0.5, 0.6) is 0 Å². The van der Waals surface area contributed by atoms with E-state index in [1.807, 2.05) is 55.4 Å². The molecule has 9 nitrogen and oxygen atoms in total. The summed E-state index contributed by atoms with van der Waals surface area (Å²) in [5.74, 6) is -0.473. The van der Waals surface area contributed by atoms with Crippen LogP contribution in [0.15, 0.2) is 47.2 Å². The molecule has 0 saturated carbocycles. The van der Waals surface area contributed by atoms with Crippen molar-refractivity contribution in [3.63, 3.8) is 0 Å². The van der Waals surface area contributed by atoms with Crippen LogP contribution in [-0.2, 0) is 20.9 Å². The standard InChI is InChI=1S/C19H21N5O4/c1-12-9-23-15-16(20-18(23)21(12)2)22(3)19(27)24(17(15)26)10-14(25)28-11-13-7-5-4-6-8-13/h4-9,15-16H,10-11H2,1-3H3. The Morgan fingerprint density at radius 1 is 1.18 bits per heavy atom. The summed E-state index contributed by atoms with van der Waals surface area (Å²) < 4.78 is 5.23. The molecule has 3 amide bonds. The van der Waals surface area contributed by atoms with Crippen LogP contribution in [0.2, 0.25) is 0 Å². The van der Waals surface area contributed by atoms with Gasteiger partial charge >= 0.3 is 12.0 Å². The number of urea groups is 1. The third-order valence-electron chi connectivity index (χ3n) is 5.19. The largest absolute Gasteiger partial charge is 0.459 e. The van der Waals surface area contributed by atoms with E-state index in [1.54, 1.807) is 11.9 Å². The van der Waals surface area contributed by atoms with Crippen molar-refractivity contribution in [2.24, 2.45) is 4.99 Å². The number of imide groups is 1. The van der Waals surface area contributed by atoms with Gasteiger partial charge < -0.3 is 19.4 Å². The van der Waals surface area contributed by atoms with E-state index in [1.165, 1.54) is 4.90 Å². The van der Waals surface area contributed by atoms with Crippen LogP contribution >= 0.6 is 0 Å². The molecule has 9 heteroatoms. The summed E-state index contributed by atoms with van der Waals surface area (Å²) in [5.41, 5.74) is 1.78. The lowest BCUT2D eigenvalue weighted by atomic mass is 10.1. The Balaban J connectivity index is 1.47. The number of carbonyl (C=O) groups excluding carboxylic acids is 3. The molecule has 0 aliphatic carbocycles. The summed E-state index contributed by atoms with van der Waals surface area (Å²) >= 11 is 0. The minimum absolute atomic E-state index is 0.0872. The Labute approximate surface area is 162 Å². The first-order valence-corrected chi connectivity index (χ1v) is 8.94. The zero-order valence-corrected chi connectivity index (χ0v) is 15.9. The van der Waals surface area contributed by atoms with E-state index in [-0.39, 0.29) is 6.61 Å². The Hall–Kier alpha value is -3.36. The van der Waals surface area contributed by atoms with Gasteiger partial charge in [-0.2, -0.15) is 0 Å². The molecule has 3 aliphatic heterocycles. The Kier molecular flexibility index (Phi) is 4.29. The molecule has 1 fully saturated rings. The first-order chi connectivity index (χ1) is 13.4. The highest BCUT2D eigenvalue weighted by molar-refractivity contribution is 6.06. The number of nitrogens with zero attached hydrogens (tertiary/aromatic N) is 5. The van der Waals surface area contributed by atoms with Gasteiger partial charge in [0, 0.05) is 26.0 Å². The van der Waals surface area contributed by atoms with Gasteiger partial charge in [-0.05, 0) is 12.5 Å². The number of carbonyl (C=O) groups is 3. The molecule has 28 heavy (non-hydrogen) atoms. The highest BCUT2D eigenvalue weighted by Gasteiger charge is 2.54. The van der Waals surface area contributed by atoms with Gasteiger partial charge in [0.25, 0.3) is 5.91 Å². The van der Waals surface area contributed by atoms with E-state index < -0.39 is 36.7 Å². The maximum Gasteiger partial charge on any atom is 0.328 e. The Morgan fingerprint density at radius 3 is 2.61 bits per heavy atom. The summed E-state index contributed by atoms with van der Waals surface area (Å²) in [7, 11) is 3.44. The molecule has 146 valence electrons. The van der Waals surface area contributed by atoms with E-state index in [0.717, 1.165) is 16.2 Å². The first-order valence-electron chi connectivity index (χ1n) is 8.94. The molecule has 2 atom stereocenters. The van der Waals surface area contributed by atoms with E-state index in [2.05, 4.69) is 4.99 Å². The highest BCUT2D eigenvalue weighted by atomic mass is 16.5. The molecule has 2 unspecified atom stereocenters. The molecule has 3 heterocycles. The van der Waals surface area contributed by atoms with Gasteiger partial charge in [-0.25, -0.2) is 9.79 Å². The van der Waals surface area contributed by atoms with Gasteiger partial charge in [0.05, 0.1) is 0 Å². The van der Waals surface area contributed by atoms with Crippen LogP contribution in [0.4, 0.5) is 4.79 Å². The molecule has 4 rings (SSSR count). The number of benzene rings is 1. The minimum atomic E-state index is -0.681. The van der Waals surface area contributed by atoms with Gasteiger partial charge in [-0.15, -0.1) is 0 Å². The lowest BCUT2D eigenvalue weighted by Crippen LogP contribution is -2.65. The summed E-state index contributed by atoms with van der Waals surface area (Å²) in [6.07, 6.45) is 1.22. The number of rotatable bonds is 4. The number of likely N-dealkylation sites (N-methyl/N-ethyl adjacent to an activating group) is 1. The second kappa shape index (κ2) is 6.66. The topological polar surface area (TPSA) is 85.8 Å². The molecule has 0 bridgehead atoms. The number of fused-ring (bicyclic) bond motifs is 3. The van der Waals surface area contributed by atoms with Gasteiger partial charge in [0.15, 0.2) is 12.2 Å². The first kappa shape index (κ1) is 18.0. The molecule has 0 radical (unpaired) electrons. The van der Waals surface area contributed by atoms with Crippen molar-refractivity contribution >= 4 is 23.9 Å². The quantitative estimate of drug-likeness (QED) is 0.715. The Morgan fingerprint density at radius 2 is 1.89 bits per heavy atom. The average Bonchev–Trinajstić information content (AvgIpc) is 3.19. The second-order valence-electron chi connectivity index (χ2n) is 6.99. The number of aliphatic imine (C=N–C) groups is 1. The number of esters is 1. The fraction of sp³-hybridized carbons (Fsp3) is 0.368. The number of hydrogen-bond donors (Lipinski definition) is 0. The third-order valence-corrected chi connectivity index (χ3v) is 5.19. The van der Waals surface area contributed by atoms with Gasteiger partial charge in [0.2, 0.25) is 5.96 Å². The smallest absolute Gasteiger partial charge is 0.328 e. The average molecular weight is 383 g/mol. The van der Waals surface area contributed by atoms with Crippen LogP contribution in [0.25, 0.3) is 0 Å². The molecular weight excluding hydrogens is 362 g/mol. The van der Waals surface area contributed by atoms with Crippen molar-refractivity contribution in [1.29, 1.82) is 0 Å². The minimum Gasteiger partial charge on any atom is -0.459 e. The van der Waals surface area contributed by atoms with Gasteiger partial charge in [-0.3, -0.25) is 14.5 Å². The maximum atomic E-state index is 13.0. The van der Waals surface area contributed by atoms with Crippen molar-refractivity contribution in [2.75, 3.05) is 20.6 Å². The molecule has 0 spiro atoms. The van der Waals surface area contributed by atoms with Crippen LogP contribution in [-0.4, -0.2) is 76.3 Å². The van der Waals surface area contributed by atoms with Crippen LogP contribution in [0.3, 0.4) is 0 Å². The number of allylic oxidation sites excluding steroid dienone is 1. The fourth-order valence-electron chi connectivity index (χ4n) is 3.53. The van der Waals surface area contributed by atoms with Crippen LogP contribution < -0.4 is 0 Å². The SMILES string of the molecule is CC1=CN2C(=NC3C2C(=O)N(CC(=O)OCc2ccccc2)C(=O)N3C)N1C. The summed E-state index contributed by atoms with van der Waals surface area (Å²) in [5, 5.41) is 0. The normalized spacial score (nSPS) is 23.5. The summed E-state index contributed by atoms with van der Waals surface area (Å²) in [6.45, 7) is 1.57. The maximum absolute atomic E-state index is 13.0. The van der Waals surface area contributed by atoms with E-state index >= 15 is 0 Å². The number of hydrogen-bond acceptors (Lipinski definition) is 7. The predicted molar refractivity (Wildman–Crippen MR) is 99.5 cm³/mol. The molecule has 1 aromatic carbocycles. The van der Waals surface area contributed by atoms with Crippen molar-refractivity contribution in [3.05, 3.63) is 47.8 Å². The predicted octanol–water partition coefficient (Wildman–Crippen LogP) is 0.797. The second-order valence-corrected chi connectivity index (χ2v) is 6.99. The highest BCUT2D eigenvalue weighted by Crippen LogP contribution is 2.33. The van der Waals surface area contributed by atoms with Crippen molar-refractivity contribution in [2.45, 2.75) is 25.7 Å². The monoisotopic (exact) mass is 383 g/mol. The van der Waals surface area contributed by atoms with Crippen LogP contribution in [0.1, 0.15) is 12.5 Å². The van der Waals surface area contributed by atoms with Gasteiger partial charge in [0.1, 0.15) is 13.2 Å². The summed E-state index contributed by atoms with van der Waals surface area (Å²) in [6, 6.07) is 7.98. The molecule has 0 N–H and O–H groups in total. The number of ether oxygens (including phenoxy) is 1. The molecular formula is C19H21N5O4. The van der Waals surface area contributed by atoms with Crippen molar-refractivity contribution in [1.82, 2.24) is 19.6 Å². The zero-order chi connectivity index (χ0) is 20.0. The van der Waals surface area contributed by atoms with E-state index in [4.69, 9.17) is 4.74 Å². The molecule has 1 saturated heterocycles. The number of amides is 3. The summed E-state index contributed by atoms with van der Waals surface area (Å²) in [4.78, 5) is 48.4. The molecule has 0 aromatic heterocycles. The fourth-order valence-corrected chi connectivity index (χ4v) is 3.53. The van der Waals surface area contributed by atoms with E-state index in [9.17, 15) is 14.4 Å². The van der Waals surface area contributed by atoms with Crippen LogP contribution in [0, 0.1) is 0 Å². The molecule has 3 aliphatic rings. The lowest BCUT2D eigenvalue weighted by molar-refractivity contribution is -0.151. The zero-order valence-electron chi connectivity index (χ0n) is 15.9.